The van der Waals surface area contributed by atoms with Crippen LogP contribution in [0, 0.1) is 0 Å². The van der Waals surface area contributed by atoms with Crippen LogP contribution in [-0.2, 0) is 13.5 Å². The van der Waals surface area contributed by atoms with E-state index in [4.69, 9.17) is 4.52 Å². The van der Waals surface area contributed by atoms with Crippen LogP contribution in [0.4, 0.5) is 0 Å². The Bertz CT molecular complexity index is 765. The molecule has 0 fully saturated rings. The fraction of sp³-hybridized carbons (Fsp3) is 0.214. The lowest BCUT2D eigenvalue weighted by Gasteiger charge is -2.00. The standard InChI is InChI=1S/C14H14N6O2/c1-20-9-11(8-17-20)13(21)16-7-4-12-18-14(22-19-12)10-2-5-15-6-3-10/h2-3,5-6,8-9H,4,7H2,1H3,(H,16,21). The first kappa shape index (κ1) is 13.9. The lowest BCUT2D eigenvalue weighted by molar-refractivity contribution is 0.0954. The predicted molar refractivity (Wildman–Crippen MR) is 76.8 cm³/mol. The number of aryl methyl sites for hydroxylation is 1. The summed E-state index contributed by atoms with van der Waals surface area (Å²) >= 11 is 0. The van der Waals surface area contributed by atoms with E-state index in [-0.39, 0.29) is 5.91 Å². The van der Waals surface area contributed by atoms with E-state index in [1.165, 1.54) is 6.20 Å². The quantitative estimate of drug-likeness (QED) is 0.749. The zero-order valence-electron chi connectivity index (χ0n) is 11.9. The summed E-state index contributed by atoms with van der Waals surface area (Å²) in [6.45, 7) is 0.420. The Balaban J connectivity index is 1.54. The predicted octanol–water partition coefficient (Wildman–Crippen LogP) is 0.838. The van der Waals surface area contributed by atoms with Gasteiger partial charge in [0.2, 0.25) is 0 Å². The highest BCUT2D eigenvalue weighted by molar-refractivity contribution is 5.93. The maximum Gasteiger partial charge on any atom is 0.258 e. The van der Waals surface area contributed by atoms with Gasteiger partial charge in [-0.05, 0) is 12.1 Å². The van der Waals surface area contributed by atoms with Gasteiger partial charge in [0.15, 0.2) is 5.82 Å². The van der Waals surface area contributed by atoms with Gasteiger partial charge in [-0.3, -0.25) is 14.5 Å². The molecule has 0 aromatic carbocycles. The summed E-state index contributed by atoms with van der Waals surface area (Å²) in [5.41, 5.74) is 1.33. The molecule has 3 aromatic heterocycles. The molecular weight excluding hydrogens is 284 g/mol. The van der Waals surface area contributed by atoms with E-state index in [9.17, 15) is 4.79 Å². The van der Waals surface area contributed by atoms with E-state index in [2.05, 4.69) is 25.5 Å². The third-order valence-electron chi connectivity index (χ3n) is 3.00. The number of amides is 1. The molecule has 0 saturated heterocycles. The van der Waals surface area contributed by atoms with Crippen molar-refractivity contribution in [1.82, 2.24) is 30.2 Å². The molecule has 0 bridgehead atoms. The molecule has 0 saturated carbocycles. The second-order valence-electron chi connectivity index (χ2n) is 4.66. The van der Waals surface area contributed by atoms with Crippen LogP contribution in [0.5, 0.6) is 0 Å². The second-order valence-corrected chi connectivity index (χ2v) is 4.66. The molecule has 0 spiro atoms. The van der Waals surface area contributed by atoms with Crippen LogP contribution in [0.25, 0.3) is 11.5 Å². The van der Waals surface area contributed by atoms with Crippen LogP contribution in [0.15, 0.2) is 41.4 Å². The van der Waals surface area contributed by atoms with Crippen molar-refractivity contribution in [2.75, 3.05) is 6.54 Å². The number of hydrogen-bond acceptors (Lipinski definition) is 6. The van der Waals surface area contributed by atoms with Crippen LogP contribution in [0.3, 0.4) is 0 Å². The number of aromatic nitrogens is 5. The van der Waals surface area contributed by atoms with Gasteiger partial charge in [0.25, 0.3) is 11.8 Å². The molecular formula is C14H14N6O2. The van der Waals surface area contributed by atoms with Crippen LogP contribution in [0.1, 0.15) is 16.2 Å². The minimum absolute atomic E-state index is 0.175. The summed E-state index contributed by atoms with van der Waals surface area (Å²) < 4.78 is 6.76. The lowest BCUT2D eigenvalue weighted by atomic mass is 10.3. The van der Waals surface area contributed by atoms with Crippen molar-refractivity contribution in [3.8, 4) is 11.5 Å². The fourth-order valence-corrected chi connectivity index (χ4v) is 1.90. The van der Waals surface area contributed by atoms with Crippen molar-refractivity contribution in [3.05, 3.63) is 48.3 Å². The first-order valence-electron chi connectivity index (χ1n) is 6.72. The summed E-state index contributed by atoms with van der Waals surface area (Å²) in [5, 5.41) is 10.6. The van der Waals surface area contributed by atoms with Gasteiger partial charge in [-0.15, -0.1) is 0 Å². The van der Waals surface area contributed by atoms with Gasteiger partial charge < -0.3 is 9.84 Å². The third-order valence-corrected chi connectivity index (χ3v) is 3.00. The second kappa shape index (κ2) is 6.17. The van der Waals surface area contributed by atoms with Gasteiger partial charge in [-0.25, -0.2) is 0 Å². The van der Waals surface area contributed by atoms with Gasteiger partial charge in [0, 0.05) is 44.2 Å². The van der Waals surface area contributed by atoms with Gasteiger partial charge in [-0.2, -0.15) is 10.1 Å². The van der Waals surface area contributed by atoms with Gasteiger partial charge in [-0.1, -0.05) is 5.16 Å². The summed E-state index contributed by atoms with van der Waals surface area (Å²) in [6.07, 6.45) is 6.98. The topological polar surface area (TPSA) is 98.7 Å². The van der Waals surface area contributed by atoms with Crippen LogP contribution in [-0.4, -0.2) is 37.4 Å². The van der Waals surface area contributed by atoms with Gasteiger partial charge in [0.1, 0.15) is 0 Å². The lowest BCUT2D eigenvalue weighted by Crippen LogP contribution is -2.25. The van der Waals surface area contributed by atoms with E-state index in [0.29, 0.717) is 30.2 Å². The first-order chi connectivity index (χ1) is 10.7. The zero-order chi connectivity index (χ0) is 15.4. The number of carbonyl (C=O) groups is 1. The van der Waals surface area contributed by atoms with E-state index >= 15 is 0 Å². The fourth-order valence-electron chi connectivity index (χ4n) is 1.90. The Morgan fingerprint density at radius 3 is 2.91 bits per heavy atom. The van der Waals surface area contributed by atoms with E-state index in [1.54, 1.807) is 42.5 Å². The van der Waals surface area contributed by atoms with E-state index in [0.717, 1.165) is 5.56 Å². The minimum Gasteiger partial charge on any atom is -0.351 e. The average Bonchev–Trinajstić information content (AvgIpc) is 3.17. The van der Waals surface area contributed by atoms with Crippen LogP contribution in [0.2, 0.25) is 0 Å². The third kappa shape index (κ3) is 3.17. The SMILES string of the molecule is Cn1cc(C(=O)NCCc2noc(-c3ccncc3)n2)cn1. The number of nitrogens with zero attached hydrogens (tertiary/aromatic N) is 5. The molecule has 0 unspecified atom stereocenters. The molecule has 0 aliphatic rings. The van der Waals surface area contributed by atoms with Crippen molar-refractivity contribution in [1.29, 1.82) is 0 Å². The highest BCUT2D eigenvalue weighted by Crippen LogP contribution is 2.15. The summed E-state index contributed by atoms with van der Waals surface area (Å²) in [7, 11) is 1.76. The molecule has 3 rings (SSSR count). The Kier molecular flexibility index (Phi) is 3.90. The van der Waals surface area contributed by atoms with Crippen LogP contribution >= 0.6 is 0 Å². The summed E-state index contributed by atoms with van der Waals surface area (Å²) in [6, 6.07) is 3.59. The molecule has 0 radical (unpaired) electrons. The Labute approximate surface area is 126 Å². The van der Waals surface area contributed by atoms with Crippen molar-refractivity contribution < 1.29 is 9.32 Å². The molecule has 8 heteroatoms. The Morgan fingerprint density at radius 1 is 1.36 bits per heavy atom. The Morgan fingerprint density at radius 2 is 2.18 bits per heavy atom. The molecule has 112 valence electrons. The van der Waals surface area contributed by atoms with Crippen molar-refractivity contribution in [3.63, 3.8) is 0 Å². The molecule has 0 aliphatic heterocycles. The molecule has 1 N–H and O–H groups in total. The highest BCUT2D eigenvalue weighted by atomic mass is 16.5. The molecule has 8 nitrogen and oxygen atoms in total. The summed E-state index contributed by atoms with van der Waals surface area (Å²) in [4.78, 5) is 20.1. The molecule has 0 aliphatic carbocycles. The molecule has 22 heavy (non-hydrogen) atoms. The highest BCUT2D eigenvalue weighted by Gasteiger charge is 2.10. The zero-order valence-corrected chi connectivity index (χ0v) is 11.9. The monoisotopic (exact) mass is 298 g/mol. The normalized spacial score (nSPS) is 10.6. The molecule has 0 atom stereocenters. The van der Waals surface area contributed by atoms with E-state index in [1.807, 2.05) is 0 Å². The number of carbonyl (C=O) groups excluding carboxylic acids is 1. The first-order valence-corrected chi connectivity index (χ1v) is 6.72. The number of nitrogens with one attached hydrogen (secondary N) is 1. The largest absolute Gasteiger partial charge is 0.351 e. The molecule has 3 heterocycles. The number of hydrogen-bond donors (Lipinski definition) is 1. The van der Waals surface area contributed by atoms with Crippen molar-refractivity contribution in [2.45, 2.75) is 6.42 Å². The maximum atomic E-state index is 11.8. The minimum atomic E-state index is -0.175. The van der Waals surface area contributed by atoms with E-state index < -0.39 is 0 Å². The maximum absolute atomic E-state index is 11.8. The Hall–Kier alpha value is -3.03. The van der Waals surface area contributed by atoms with Gasteiger partial charge >= 0.3 is 0 Å². The molecule has 3 aromatic rings. The van der Waals surface area contributed by atoms with Crippen molar-refractivity contribution in [2.24, 2.45) is 7.05 Å². The molecule has 1 amide bonds. The van der Waals surface area contributed by atoms with Crippen molar-refractivity contribution >= 4 is 5.91 Å². The number of rotatable bonds is 5. The van der Waals surface area contributed by atoms with Crippen LogP contribution < -0.4 is 5.32 Å². The number of pyridine rings is 1. The van der Waals surface area contributed by atoms with Gasteiger partial charge in [0.05, 0.1) is 11.8 Å². The average molecular weight is 298 g/mol. The smallest absolute Gasteiger partial charge is 0.258 e. The summed E-state index contributed by atoms with van der Waals surface area (Å²) in [5.74, 6) is 0.806.